The van der Waals surface area contributed by atoms with Crippen molar-refractivity contribution in [3.63, 3.8) is 0 Å². The van der Waals surface area contributed by atoms with Gasteiger partial charge in [-0.15, -0.1) is 11.8 Å². The Balaban J connectivity index is 1.23. The van der Waals surface area contributed by atoms with E-state index in [1.165, 1.54) is 0 Å². The number of methoxy groups -OCH3 is 2. The SMILES string of the molecule is COc1nc(-c2cccc(-c3cccc(-c4ccc(CNC[C@@H]5CCC(=O)C5)c(OC)n4)c3SC)c2Br)ccc1CCC[C@@H]1CCC(=O)N1. The molecule has 8 nitrogen and oxygen atoms in total. The quantitative estimate of drug-likeness (QED) is 0.125. The van der Waals surface area contributed by atoms with Crippen LogP contribution in [-0.2, 0) is 22.6 Å². The zero-order valence-electron chi connectivity index (χ0n) is 28.3. The van der Waals surface area contributed by atoms with Gasteiger partial charge in [0.15, 0.2) is 0 Å². The summed E-state index contributed by atoms with van der Waals surface area (Å²) < 4.78 is 12.4. The lowest BCUT2D eigenvalue weighted by molar-refractivity contribution is -0.119. The van der Waals surface area contributed by atoms with Crippen molar-refractivity contribution in [3.8, 4) is 45.4 Å². The zero-order chi connectivity index (χ0) is 34.3. The summed E-state index contributed by atoms with van der Waals surface area (Å²) >= 11 is 5.64. The van der Waals surface area contributed by atoms with Crippen LogP contribution in [0.15, 0.2) is 70.0 Å². The van der Waals surface area contributed by atoms with Gasteiger partial charge >= 0.3 is 0 Å². The Morgan fingerprint density at radius 1 is 0.857 bits per heavy atom. The number of pyridine rings is 2. The van der Waals surface area contributed by atoms with Crippen LogP contribution in [0.3, 0.4) is 0 Å². The third-order valence-corrected chi connectivity index (χ3v) is 11.2. The van der Waals surface area contributed by atoms with Crippen LogP contribution in [0.5, 0.6) is 11.8 Å². The minimum atomic E-state index is 0.156. The van der Waals surface area contributed by atoms with E-state index in [9.17, 15) is 9.59 Å². The molecule has 49 heavy (non-hydrogen) atoms. The first-order valence-electron chi connectivity index (χ1n) is 16.9. The molecule has 10 heteroatoms. The summed E-state index contributed by atoms with van der Waals surface area (Å²) in [5.74, 6) is 2.16. The van der Waals surface area contributed by atoms with Gasteiger partial charge in [-0.25, -0.2) is 9.97 Å². The summed E-state index contributed by atoms with van der Waals surface area (Å²) in [6.45, 7) is 1.45. The van der Waals surface area contributed by atoms with Crippen molar-refractivity contribution < 1.29 is 19.1 Å². The van der Waals surface area contributed by atoms with E-state index in [0.717, 1.165) is 92.8 Å². The second-order valence-electron chi connectivity index (χ2n) is 12.8. The number of carbonyl (C=O) groups excluding carboxylic acids is 2. The predicted octanol–water partition coefficient (Wildman–Crippen LogP) is 8.04. The molecule has 1 aliphatic heterocycles. The van der Waals surface area contributed by atoms with Crippen molar-refractivity contribution in [2.24, 2.45) is 5.92 Å². The fraction of sp³-hybridized carbons (Fsp3) is 0.385. The van der Waals surface area contributed by atoms with Crippen molar-refractivity contribution in [2.75, 3.05) is 27.0 Å². The normalized spacial score (nSPS) is 17.4. The Hall–Kier alpha value is -3.73. The van der Waals surface area contributed by atoms with Gasteiger partial charge in [0.1, 0.15) is 5.78 Å². The van der Waals surface area contributed by atoms with Crippen LogP contribution in [0.25, 0.3) is 33.6 Å². The molecule has 1 saturated carbocycles. The first-order valence-corrected chi connectivity index (χ1v) is 19.0. The predicted molar refractivity (Wildman–Crippen MR) is 199 cm³/mol. The molecule has 2 aliphatic rings. The third kappa shape index (κ3) is 8.19. The van der Waals surface area contributed by atoms with E-state index in [4.69, 9.17) is 19.4 Å². The average Bonchev–Trinajstić information content (AvgIpc) is 3.74. The summed E-state index contributed by atoms with van der Waals surface area (Å²) in [4.78, 5) is 34.2. The van der Waals surface area contributed by atoms with Crippen molar-refractivity contribution in [1.29, 1.82) is 0 Å². The van der Waals surface area contributed by atoms with E-state index in [0.29, 0.717) is 49.3 Å². The van der Waals surface area contributed by atoms with Gasteiger partial charge in [0.25, 0.3) is 0 Å². The Bertz CT molecular complexity index is 1830. The molecule has 2 atom stereocenters. The summed E-state index contributed by atoms with van der Waals surface area (Å²) in [6, 6.07) is 21.2. The van der Waals surface area contributed by atoms with E-state index in [1.54, 1.807) is 26.0 Å². The molecule has 2 fully saturated rings. The lowest BCUT2D eigenvalue weighted by Crippen LogP contribution is -2.25. The average molecular weight is 744 g/mol. The van der Waals surface area contributed by atoms with E-state index < -0.39 is 0 Å². The minimum absolute atomic E-state index is 0.156. The molecule has 256 valence electrons. The fourth-order valence-corrected chi connectivity index (χ4v) is 8.41. The number of hydrogen-bond acceptors (Lipinski definition) is 8. The molecule has 4 aromatic rings. The zero-order valence-corrected chi connectivity index (χ0v) is 30.7. The van der Waals surface area contributed by atoms with Gasteiger partial charge in [-0.05, 0) is 90.0 Å². The van der Waals surface area contributed by atoms with Crippen molar-refractivity contribution in [1.82, 2.24) is 20.6 Å². The number of benzene rings is 2. The monoisotopic (exact) mass is 742 g/mol. The standard InChI is InChI=1S/C39H43BrN4O4S/c1-47-38-25(7-4-8-27-16-20-35(46)42-27)14-18-33(43-38)31-11-5-9-29(36(31)40)30-10-6-12-32(37(30)49-3)34-19-15-26(39(44-34)48-2)23-41-22-24-13-17-28(45)21-24/h5-6,9-12,14-15,18-19,24,27,41H,4,7-8,13,16-17,20-23H2,1-3H3,(H,42,46)/t24-,27-/m1/s1. The van der Waals surface area contributed by atoms with Gasteiger partial charge in [0.05, 0.1) is 25.6 Å². The molecule has 1 amide bonds. The van der Waals surface area contributed by atoms with Gasteiger partial charge < -0.3 is 20.1 Å². The van der Waals surface area contributed by atoms with Gasteiger partial charge in [-0.1, -0.05) is 48.5 Å². The molecule has 2 aromatic carbocycles. The first-order chi connectivity index (χ1) is 23.9. The van der Waals surface area contributed by atoms with Crippen LogP contribution in [-0.4, -0.2) is 54.7 Å². The highest BCUT2D eigenvalue weighted by molar-refractivity contribution is 9.10. The van der Waals surface area contributed by atoms with Gasteiger partial charge in [0.2, 0.25) is 17.7 Å². The fourth-order valence-electron chi connectivity index (χ4n) is 6.93. The molecule has 1 saturated heterocycles. The summed E-state index contributed by atoms with van der Waals surface area (Å²) in [5.41, 5.74) is 7.90. The van der Waals surface area contributed by atoms with Gasteiger partial charge in [-0.3, -0.25) is 9.59 Å². The molecular formula is C39H43BrN4O4S. The number of ether oxygens (including phenoxy) is 2. The number of Topliss-reactive ketones (excluding diaryl/α,β-unsaturated/α-hetero) is 1. The number of carbonyl (C=O) groups is 2. The number of rotatable bonds is 14. The van der Waals surface area contributed by atoms with E-state index >= 15 is 0 Å². The lowest BCUT2D eigenvalue weighted by atomic mass is 9.98. The maximum absolute atomic E-state index is 11.7. The Labute approximate surface area is 301 Å². The number of halogens is 1. The second-order valence-corrected chi connectivity index (χ2v) is 14.4. The maximum atomic E-state index is 11.7. The molecule has 0 spiro atoms. The van der Waals surface area contributed by atoms with Crippen LogP contribution in [0, 0.1) is 5.92 Å². The van der Waals surface area contributed by atoms with Crippen LogP contribution in [0.4, 0.5) is 0 Å². The Morgan fingerprint density at radius 2 is 1.53 bits per heavy atom. The number of aryl methyl sites for hydroxylation is 1. The van der Waals surface area contributed by atoms with Crippen LogP contribution in [0.2, 0.25) is 0 Å². The van der Waals surface area contributed by atoms with Crippen molar-refractivity contribution >= 4 is 39.4 Å². The molecule has 0 bridgehead atoms. The number of aromatic nitrogens is 2. The van der Waals surface area contributed by atoms with E-state index in [2.05, 4.69) is 93.5 Å². The largest absolute Gasteiger partial charge is 0.481 e. The number of hydrogen-bond donors (Lipinski definition) is 2. The van der Waals surface area contributed by atoms with Crippen LogP contribution in [0.1, 0.15) is 56.1 Å². The lowest BCUT2D eigenvalue weighted by Gasteiger charge is -2.17. The topological polar surface area (TPSA) is 102 Å². The highest BCUT2D eigenvalue weighted by Crippen LogP contribution is 2.43. The molecule has 2 N–H and O–H groups in total. The number of nitrogens with one attached hydrogen (secondary N) is 2. The molecule has 6 rings (SSSR count). The molecular weight excluding hydrogens is 700 g/mol. The molecule has 0 radical (unpaired) electrons. The smallest absolute Gasteiger partial charge is 0.220 e. The molecule has 3 heterocycles. The van der Waals surface area contributed by atoms with Crippen molar-refractivity contribution in [3.05, 3.63) is 76.3 Å². The molecule has 2 aromatic heterocycles. The van der Waals surface area contributed by atoms with Gasteiger partial charge in [-0.2, -0.15) is 0 Å². The molecule has 1 aliphatic carbocycles. The highest BCUT2D eigenvalue weighted by atomic mass is 79.9. The van der Waals surface area contributed by atoms with Crippen LogP contribution < -0.4 is 20.1 Å². The summed E-state index contributed by atoms with van der Waals surface area (Å²) in [5, 5.41) is 6.56. The second kappa shape index (κ2) is 16.3. The van der Waals surface area contributed by atoms with Gasteiger partial charge in [0, 0.05) is 63.5 Å². The summed E-state index contributed by atoms with van der Waals surface area (Å²) in [6.07, 6.45) is 8.73. The number of amides is 1. The third-order valence-electron chi connectivity index (χ3n) is 9.50. The van der Waals surface area contributed by atoms with E-state index in [-0.39, 0.29) is 11.9 Å². The van der Waals surface area contributed by atoms with Crippen LogP contribution >= 0.6 is 27.7 Å². The minimum Gasteiger partial charge on any atom is -0.481 e. The first kappa shape index (κ1) is 35.1. The number of thioether (sulfide) groups is 1. The number of ketones is 1. The summed E-state index contributed by atoms with van der Waals surface area (Å²) in [7, 11) is 3.33. The molecule has 0 unspecified atom stereocenters. The van der Waals surface area contributed by atoms with Crippen molar-refractivity contribution in [2.45, 2.75) is 68.8 Å². The Morgan fingerprint density at radius 3 is 2.20 bits per heavy atom. The Kier molecular flexibility index (Phi) is 11.7. The maximum Gasteiger partial charge on any atom is 0.220 e. The van der Waals surface area contributed by atoms with E-state index in [1.807, 2.05) is 0 Å². The highest BCUT2D eigenvalue weighted by Gasteiger charge is 2.23. The number of nitrogens with zero attached hydrogens (tertiary/aromatic N) is 2.